The summed E-state index contributed by atoms with van der Waals surface area (Å²) in [5, 5.41) is 11.4. The minimum absolute atomic E-state index is 0.209. The van der Waals surface area contributed by atoms with E-state index in [4.69, 9.17) is 4.52 Å². The van der Waals surface area contributed by atoms with Crippen LogP contribution < -0.4 is 5.32 Å². The molecular weight excluding hydrogens is 285 g/mol. The molecule has 0 aliphatic rings. The predicted molar refractivity (Wildman–Crippen MR) is 78.2 cm³/mol. The smallest absolute Gasteiger partial charge is 0.151 e. The summed E-state index contributed by atoms with van der Waals surface area (Å²) >= 11 is 0. The van der Waals surface area contributed by atoms with Gasteiger partial charge in [-0.3, -0.25) is 4.68 Å². The molecule has 114 valence electrons. The maximum atomic E-state index is 12.9. The summed E-state index contributed by atoms with van der Waals surface area (Å²) in [4.78, 5) is 3.91. The van der Waals surface area contributed by atoms with Crippen LogP contribution in [0.5, 0.6) is 0 Å². The van der Waals surface area contributed by atoms with E-state index in [-0.39, 0.29) is 11.9 Å². The minimum Gasteiger partial charge on any atom is -0.359 e. The second kappa shape index (κ2) is 6.48. The predicted octanol–water partition coefficient (Wildman–Crippen LogP) is 2.25. The summed E-state index contributed by atoms with van der Waals surface area (Å²) in [6.45, 7) is 3.34. The second-order valence-electron chi connectivity index (χ2n) is 5.08. The summed E-state index contributed by atoms with van der Waals surface area (Å²) in [6.07, 6.45) is 3.19. The van der Waals surface area contributed by atoms with Gasteiger partial charge in [0.15, 0.2) is 5.76 Å². The Balaban J connectivity index is 1.56. The largest absolute Gasteiger partial charge is 0.359 e. The lowest BCUT2D eigenvalue weighted by atomic mass is 10.1. The van der Waals surface area contributed by atoms with Crippen molar-refractivity contribution in [2.45, 2.75) is 26.1 Å². The summed E-state index contributed by atoms with van der Waals surface area (Å²) in [5.41, 5.74) is 1.52. The van der Waals surface area contributed by atoms with E-state index in [2.05, 4.69) is 27.5 Å². The number of rotatable bonds is 6. The zero-order chi connectivity index (χ0) is 15.4. The van der Waals surface area contributed by atoms with Gasteiger partial charge < -0.3 is 9.84 Å². The van der Waals surface area contributed by atoms with Gasteiger partial charge in [-0.25, -0.2) is 9.37 Å². The molecule has 7 heteroatoms. The Hall–Kier alpha value is -2.54. The van der Waals surface area contributed by atoms with Crippen LogP contribution in [0.3, 0.4) is 0 Å². The molecule has 2 heterocycles. The van der Waals surface area contributed by atoms with Crippen molar-refractivity contribution in [1.29, 1.82) is 0 Å². The third-order valence-electron chi connectivity index (χ3n) is 3.25. The Labute approximate surface area is 127 Å². The van der Waals surface area contributed by atoms with Gasteiger partial charge in [0.05, 0.1) is 13.1 Å². The van der Waals surface area contributed by atoms with E-state index in [1.54, 1.807) is 23.1 Å². The Morgan fingerprint density at radius 3 is 2.86 bits per heavy atom. The van der Waals surface area contributed by atoms with Gasteiger partial charge in [-0.2, -0.15) is 5.10 Å². The summed E-state index contributed by atoms with van der Waals surface area (Å²) < 4.78 is 20.0. The third-order valence-corrected chi connectivity index (χ3v) is 3.25. The highest BCUT2D eigenvalue weighted by Crippen LogP contribution is 2.19. The minimum atomic E-state index is -0.268. The van der Waals surface area contributed by atoms with Crippen LogP contribution in [0.15, 0.2) is 47.5 Å². The molecule has 2 aromatic heterocycles. The average molecular weight is 301 g/mol. The molecule has 0 radical (unpaired) electrons. The molecule has 0 saturated carbocycles. The monoisotopic (exact) mass is 301 g/mol. The Morgan fingerprint density at radius 2 is 2.14 bits per heavy atom. The van der Waals surface area contributed by atoms with Gasteiger partial charge in [0, 0.05) is 17.7 Å². The van der Waals surface area contributed by atoms with E-state index in [0.717, 1.165) is 17.9 Å². The summed E-state index contributed by atoms with van der Waals surface area (Å²) in [6, 6.07) is 8.23. The molecule has 1 atom stereocenters. The highest BCUT2D eigenvalue weighted by molar-refractivity contribution is 5.58. The first-order valence-corrected chi connectivity index (χ1v) is 6.98. The van der Waals surface area contributed by atoms with E-state index in [0.29, 0.717) is 12.2 Å². The number of halogens is 1. The molecule has 0 amide bonds. The van der Waals surface area contributed by atoms with Crippen molar-refractivity contribution < 1.29 is 8.91 Å². The molecule has 3 aromatic rings. The van der Waals surface area contributed by atoms with Crippen molar-refractivity contribution in [3.63, 3.8) is 0 Å². The van der Waals surface area contributed by atoms with E-state index in [1.807, 2.05) is 6.07 Å². The second-order valence-corrected chi connectivity index (χ2v) is 5.08. The number of nitrogens with zero attached hydrogens (tertiary/aromatic N) is 4. The zero-order valence-corrected chi connectivity index (χ0v) is 12.1. The van der Waals surface area contributed by atoms with Gasteiger partial charge in [-0.1, -0.05) is 5.16 Å². The van der Waals surface area contributed by atoms with Crippen molar-refractivity contribution in [2.75, 3.05) is 0 Å². The Kier molecular flexibility index (Phi) is 4.24. The van der Waals surface area contributed by atoms with Gasteiger partial charge in [0.1, 0.15) is 24.2 Å². The quantitative estimate of drug-likeness (QED) is 0.756. The summed E-state index contributed by atoms with van der Waals surface area (Å²) in [5.74, 6) is 0.459. The molecule has 1 N–H and O–H groups in total. The number of nitrogens with one attached hydrogen (secondary N) is 1. The fourth-order valence-corrected chi connectivity index (χ4v) is 2.10. The van der Waals surface area contributed by atoms with Crippen LogP contribution in [0.4, 0.5) is 4.39 Å². The van der Waals surface area contributed by atoms with Crippen LogP contribution >= 0.6 is 0 Å². The van der Waals surface area contributed by atoms with Crippen LogP contribution in [0.1, 0.15) is 12.7 Å². The van der Waals surface area contributed by atoms with Crippen LogP contribution in [0.2, 0.25) is 0 Å². The van der Waals surface area contributed by atoms with Gasteiger partial charge in [-0.05, 0) is 31.2 Å². The first-order valence-electron chi connectivity index (χ1n) is 6.98. The van der Waals surface area contributed by atoms with Crippen LogP contribution in [0, 0.1) is 5.82 Å². The van der Waals surface area contributed by atoms with Crippen LogP contribution in [0.25, 0.3) is 11.3 Å². The fourth-order valence-electron chi connectivity index (χ4n) is 2.10. The number of aromatic nitrogens is 4. The zero-order valence-electron chi connectivity index (χ0n) is 12.1. The number of benzene rings is 1. The lowest BCUT2D eigenvalue weighted by Crippen LogP contribution is -2.30. The van der Waals surface area contributed by atoms with E-state index in [9.17, 15) is 4.39 Å². The molecule has 0 bridgehead atoms. The average Bonchev–Trinajstić information content (AvgIpc) is 3.17. The van der Waals surface area contributed by atoms with Crippen LogP contribution in [-0.2, 0) is 13.1 Å². The molecule has 0 saturated heterocycles. The van der Waals surface area contributed by atoms with Gasteiger partial charge in [-0.15, -0.1) is 0 Å². The first kappa shape index (κ1) is 14.4. The van der Waals surface area contributed by atoms with Crippen molar-refractivity contribution in [1.82, 2.24) is 25.2 Å². The van der Waals surface area contributed by atoms with Crippen molar-refractivity contribution in [2.24, 2.45) is 0 Å². The van der Waals surface area contributed by atoms with Crippen molar-refractivity contribution >= 4 is 0 Å². The fraction of sp³-hybridized carbons (Fsp3) is 0.267. The van der Waals surface area contributed by atoms with E-state index in [1.165, 1.54) is 18.5 Å². The third kappa shape index (κ3) is 3.56. The SMILES string of the molecule is C[C@H](Cn1cncn1)NCc1cc(-c2ccc(F)cc2)no1. The van der Waals surface area contributed by atoms with Crippen molar-refractivity contribution in [3.05, 3.63) is 54.6 Å². The Bertz CT molecular complexity index is 708. The van der Waals surface area contributed by atoms with Crippen LogP contribution in [-0.4, -0.2) is 26.0 Å². The van der Waals surface area contributed by atoms with E-state index < -0.39 is 0 Å². The molecule has 0 unspecified atom stereocenters. The highest BCUT2D eigenvalue weighted by Gasteiger charge is 2.09. The number of hydrogen-bond donors (Lipinski definition) is 1. The molecule has 0 aliphatic carbocycles. The molecular formula is C15H16FN5O. The first-order chi connectivity index (χ1) is 10.7. The van der Waals surface area contributed by atoms with Gasteiger partial charge >= 0.3 is 0 Å². The molecule has 1 aromatic carbocycles. The van der Waals surface area contributed by atoms with Gasteiger partial charge in [0.25, 0.3) is 0 Å². The molecule has 22 heavy (non-hydrogen) atoms. The molecule has 0 spiro atoms. The topological polar surface area (TPSA) is 68.8 Å². The Morgan fingerprint density at radius 1 is 1.32 bits per heavy atom. The summed E-state index contributed by atoms with van der Waals surface area (Å²) in [7, 11) is 0. The standard InChI is InChI=1S/C15H16FN5O/c1-11(8-21-10-17-9-19-21)18-7-14-6-15(20-22-14)12-2-4-13(16)5-3-12/h2-6,9-11,18H,7-8H2,1H3/t11-/m1/s1. The lowest BCUT2D eigenvalue weighted by molar-refractivity contribution is 0.357. The normalized spacial score (nSPS) is 12.5. The highest BCUT2D eigenvalue weighted by atomic mass is 19.1. The maximum absolute atomic E-state index is 12.9. The van der Waals surface area contributed by atoms with Gasteiger partial charge in [0.2, 0.25) is 0 Å². The van der Waals surface area contributed by atoms with E-state index >= 15 is 0 Å². The number of hydrogen-bond acceptors (Lipinski definition) is 5. The molecule has 3 rings (SSSR count). The molecule has 0 fully saturated rings. The van der Waals surface area contributed by atoms with Crippen molar-refractivity contribution in [3.8, 4) is 11.3 Å². The lowest BCUT2D eigenvalue weighted by Gasteiger charge is -2.11. The molecule has 6 nitrogen and oxygen atoms in total. The maximum Gasteiger partial charge on any atom is 0.151 e. The molecule has 0 aliphatic heterocycles.